The van der Waals surface area contributed by atoms with Crippen molar-refractivity contribution in [3.63, 3.8) is 0 Å². The number of nitrogen functional groups attached to an aromatic ring is 1. The first kappa shape index (κ1) is 11.8. The van der Waals surface area contributed by atoms with E-state index in [1.807, 2.05) is 6.07 Å². The van der Waals surface area contributed by atoms with Crippen LogP contribution < -0.4 is 5.73 Å². The van der Waals surface area contributed by atoms with Crippen LogP contribution in [0.5, 0.6) is 0 Å². The first-order valence-electron chi connectivity index (χ1n) is 4.31. The molecule has 0 aliphatic heterocycles. The molecule has 0 amide bonds. The molecule has 0 saturated heterocycles. The Kier molecular flexibility index (Phi) is 3.78. The third-order valence-corrected chi connectivity index (χ3v) is 4.63. The fourth-order valence-electron chi connectivity index (χ4n) is 1.08. The molecule has 2 N–H and O–H groups in total. The molecule has 16 heavy (non-hydrogen) atoms. The van der Waals surface area contributed by atoms with E-state index in [9.17, 15) is 4.39 Å². The number of hydrogen-bond donors (Lipinski definition) is 1. The maximum Gasteiger partial charge on any atom is 0.203 e. The van der Waals surface area contributed by atoms with Gasteiger partial charge in [0, 0.05) is 5.75 Å². The minimum Gasteiger partial charge on any atom is -0.374 e. The number of thioether (sulfide) groups is 1. The van der Waals surface area contributed by atoms with Crippen LogP contribution in [0.1, 0.15) is 5.56 Å². The van der Waals surface area contributed by atoms with Crippen LogP contribution in [0, 0.1) is 5.82 Å². The number of anilines is 1. The number of aromatic nitrogens is 2. The van der Waals surface area contributed by atoms with Crippen LogP contribution in [0.25, 0.3) is 0 Å². The zero-order valence-corrected chi connectivity index (χ0v) is 11.2. The van der Waals surface area contributed by atoms with E-state index in [1.165, 1.54) is 29.2 Å². The van der Waals surface area contributed by atoms with Gasteiger partial charge in [0.25, 0.3) is 0 Å². The largest absolute Gasteiger partial charge is 0.374 e. The molecule has 84 valence electrons. The number of nitrogens with zero attached hydrogens (tertiary/aromatic N) is 2. The van der Waals surface area contributed by atoms with Gasteiger partial charge in [-0.25, -0.2) is 4.39 Å². The van der Waals surface area contributed by atoms with E-state index in [0.29, 0.717) is 15.4 Å². The van der Waals surface area contributed by atoms with Gasteiger partial charge in [0.1, 0.15) is 5.82 Å². The summed E-state index contributed by atoms with van der Waals surface area (Å²) < 4.78 is 14.5. The summed E-state index contributed by atoms with van der Waals surface area (Å²) in [5.74, 6) is 0.377. The van der Waals surface area contributed by atoms with E-state index in [0.717, 1.165) is 9.90 Å². The van der Waals surface area contributed by atoms with Crippen LogP contribution in [0.4, 0.5) is 9.52 Å². The summed E-state index contributed by atoms with van der Waals surface area (Å²) in [6, 6.07) is 4.97. The highest BCUT2D eigenvalue weighted by molar-refractivity contribution is 9.10. The third kappa shape index (κ3) is 2.72. The van der Waals surface area contributed by atoms with Gasteiger partial charge in [0.05, 0.1) is 4.47 Å². The van der Waals surface area contributed by atoms with Crippen LogP contribution in [-0.2, 0) is 5.75 Å². The lowest BCUT2D eigenvalue weighted by atomic mass is 10.2. The number of nitrogens with two attached hydrogens (primary N) is 1. The van der Waals surface area contributed by atoms with Crippen molar-refractivity contribution in [1.29, 1.82) is 0 Å². The Hall–Kier alpha value is -0.660. The number of hydrogen-bond acceptors (Lipinski definition) is 5. The van der Waals surface area contributed by atoms with Gasteiger partial charge >= 0.3 is 0 Å². The number of benzene rings is 1. The molecule has 0 saturated carbocycles. The Morgan fingerprint density at radius 3 is 2.94 bits per heavy atom. The van der Waals surface area contributed by atoms with Crippen molar-refractivity contribution in [2.24, 2.45) is 0 Å². The first-order chi connectivity index (χ1) is 7.66. The van der Waals surface area contributed by atoms with E-state index in [1.54, 1.807) is 6.07 Å². The standard InChI is InChI=1S/C9H7BrFN3S2/c10-7-5(2-1-3-6(7)11)4-15-9-14-13-8(12)16-9/h1-3H,4H2,(H2,12,13). The van der Waals surface area contributed by atoms with Crippen molar-refractivity contribution in [2.45, 2.75) is 10.1 Å². The maximum atomic E-state index is 13.2. The van der Waals surface area contributed by atoms with Crippen molar-refractivity contribution in [3.05, 3.63) is 34.1 Å². The van der Waals surface area contributed by atoms with Crippen LogP contribution in [0.2, 0.25) is 0 Å². The van der Waals surface area contributed by atoms with Gasteiger partial charge in [-0.05, 0) is 27.6 Å². The monoisotopic (exact) mass is 319 g/mol. The van der Waals surface area contributed by atoms with Crippen LogP contribution in [-0.4, -0.2) is 10.2 Å². The number of rotatable bonds is 3. The molecule has 0 radical (unpaired) electrons. The molecule has 3 nitrogen and oxygen atoms in total. The highest BCUT2D eigenvalue weighted by atomic mass is 79.9. The quantitative estimate of drug-likeness (QED) is 0.882. The van der Waals surface area contributed by atoms with Gasteiger partial charge in [-0.1, -0.05) is 35.2 Å². The van der Waals surface area contributed by atoms with Crippen LogP contribution >= 0.6 is 39.0 Å². The van der Waals surface area contributed by atoms with Gasteiger partial charge in [-0.2, -0.15) is 0 Å². The average Bonchev–Trinajstić information content (AvgIpc) is 2.67. The molecule has 0 fully saturated rings. The molecular formula is C9H7BrFN3S2. The third-order valence-electron chi connectivity index (χ3n) is 1.80. The predicted molar refractivity (Wildman–Crippen MR) is 68.0 cm³/mol. The SMILES string of the molecule is Nc1nnc(SCc2cccc(F)c2Br)s1. The molecule has 2 aromatic rings. The second kappa shape index (κ2) is 5.11. The van der Waals surface area contributed by atoms with E-state index in [4.69, 9.17) is 5.73 Å². The topological polar surface area (TPSA) is 51.8 Å². The van der Waals surface area contributed by atoms with Gasteiger partial charge < -0.3 is 5.73 Å². The second-order valence-electron chi connectivity index (χ2n) is 2.91. The lowest BCUT2D eigenvalue weighted by Gasteiger charge is -2.02. The molecular weight excluding hydrogens is 313 g/mol. The summed E-state index contributed by atoms with van der Waals surface area (Å²) in [5, 5.41) is 8.03. The van der Waals surface area contributed by atoms with Gasteiger partial charge in [-0.15, -0.1) is 10.2 Å². The van der Waals surface area contributed by atoms with Crippen molar-refractivity contribution >= 4 is 44.2 Å². The maximum absolute atomic E-state index is 13.2. The fraction of sp³-hybridized carbons (Fsp3) is 0.111. The number of halogens is 2. The van der Waals surface area contributed by atoms with E-state index in [2.05, 4.69) is 26.1 Å². The Morgan fingerprint density at radius 1 is 1.44 bits per heavy atom. The minimum atomic E-state index is -0.255. The van der Waals surface area contributed by atoms with E-state index >= 15 is 0 Å². The average molecular weight is 320 g/mol. The van der Waals surface area contributed by atoms with Gasteiger partial charge in [0.15, 0.2) is 4.34 Å². The normalized spacial score (nSPS) is 10.6. The van der Waals surface area contributed by atoms with Crippen molar-refractivity contribution < 1.29 is 4.39 Å². The van der Waals surface area contributed by atoms with Crippen molar-refractivity contribution in [1.82, 2.24) is 10.2 Å². The van der Waals surface area contributed by atoms with Gasteiger partial charge in [0.2, 0.25) is 5.13 Å². The summed E-state index contributed by atoms with van der Waals surface area (Å²) in [7, 11) is 0. The Labute approximate surface area is 108 Å². The second-order valence-corrected chi connectivity index (χ2v) is 5.93. The Bertz CT molecular complexity index is 503. The predicted octanol–water partition coefficient (Wildman–Crippen LogP) is 3.31. The Morgan fingerprint density at radius 2 is 2.25 bits per heavy atom. The van der Waals surface area contributed by atoms with Crippen molar-refractivity contribution in [2.75, 3.05) is 5.73 Å². The molecule has 0 spiro atoms. The molecule has 2 rings (SSSR count). The molecule has 7 heteroatoms. The minimum absolute atomic E-state index is 0.255. The zero-order chi connectivity index (χ0) is 11.5. The molecule has 1 heterocycles. The molecule has 1 aromatic heterocycles. The molecule has 0 aliphatic carbocycles. The zero-order valence-electron chi connectivity index (χ0n) is 7.98. The lowest BCUT2D eigenvalue weighted by Crippen LogP contribution is -1.86. The fourth-order valence-corrected chi connectivity index (χ4v) is 3.30. The smallest absolute Gasteiger partial charge is 0.203 e. The van der Waals surface area contributed by atoms with Gasteiger partial charge in [-0.3, -0.25) is 0 Å². The molecule has 0 bridgehead atoms. The summed E-state index contributed by atoms with van der Waals surface area (Å²) in [6.45, 7) is 0. The first-order valence-corrected chi connectivity index (χ1v) is 6.91. The van der Waals surface area contributed by atoms with Crippen LogP contribution in [0.3, 0.4) is 0 Å². The highest BCUT2D eigenvalue weighted by Gasteiger charge is 2.07. The Balaban J connectivity index is 2.07. The highest BCUT2D eigenvalue weighted by Crippen LogP contribution is 2.30. The summed E-state index contributed by atoms with van der Waals surface area (Å²) in [4.78, 5) is 0. The molecule has 1 aromatic carbocycles. The van der Waals surface area contributed by atoms with E-state index < -0.39 is 0 Å². The summed E-state index contributed by atoms with van der Waals surface area (Å²) >= 11 is 6.03. The summed E-state index contributed by atoms with van der Waals surface area (Å²) in [5.41, 5.74) is 6.35. The molecule has 0 atom stereocenters. The van der Waals surface area contributed by atoms with Crippen LogP contribution in [0.15, 0.2) is 27.0 Å². The van der Waals surface area contributed by atoms with Crippen molar-refractivity contribution in [3.8, 4) is 0 Å². The molecule has 0 aliphatic rings. The lowest BCUT2D eigenvalue weighted by molar-refractivity contribution is 0.619. The molecule has 0 unspecified atom stereocenters. The van der Waals surface area contributed by atoms with E-state index in [-0.39, 0.29) is 5.82 Å². The summed E-state index contributed by atoms with van der Waals surface area (Å²) in [6.07, 6.45) is 0.